The zero-order chi connectivity index (χ0) is 17.9. The molecule has 0 spiro atoms. The molecule has 126 valence electrons. The molecule has 1 heterocycles. The van der Waals surface area contributed by atoms with Crippen molar-refractivity contribution in [2.45, 2.75) is 0 Å². The van der Waals surface area contributed by atoms with Crippen LogP contribution in [-0.4, -0.2) is 34.6 Å². The quantitative estimate of drug-likeness (QED) is 0.857. The third kappa shape index (κ3) is 3.45. The molecule has 24 heavy (non-hydrogen) atoms. The molecule has 1 aromatic carbocycles. The number of hydrogen-bond acceptors (Lipinski definition) is 5. The minimum atomic E-state index is -0.643. The largest absolute Gasteiger partial charge is 0.493 e. The Kier molecular flexibility index (Phi) is 5.03. The van der Waals surface area contributed by atoms with Gasteiger partial charge in [-0.2, -0.15) is 0 Å². The molecule has 0 radical (unpaired) electrons. The van der Waals surface area contributed by atoms with Gasteiger partial charge in [-0.25, -0.2) is 9.79 Å². The van der Waals surface area contributed by atoms with Crippen molar-refractivity contribution in [1.82, 2.24) is 9.13 Å². The van der Waals surface area contributed by atoms with Crippen LogP contribution in [0, 0.1) is 0 Å². The Labute approximate surface area is 139 Å². The average Bonchev–Trinajstić information content (AvgIpc) is 2.58. The normalized spacial score (nSPS) is 11.5. The van der Waals surface area contributed by atoms with Crippen LogP contribution in [0.1, 0.15) is 5.56 Å². The molecule has 0 saturated carbocycles. The van der Waals surface area contributed by atoms with Gasteiger partial charge in [0.25, 0.3) is 5.56 Å². The van der Waals surface area contributed by atoms with Gasteiger partial charge in [0, 0.05) is 40.1 Å². The highest BCUT2D eigenvalue weighted by Gasteiger charge is 2.12. The van der Waals surface area contributed by atoms with Crippen LogP contribution in [0.5, 0.6) is 5.88 Å². The molecular formula is C17H20N4O3. The lowest BCUT2D eigenvalue weighted by Gasteiger charge is -2.11. The van der Waals surface area contributed by atoms with Crippen molar-refractivity contribution < 1.29 is 5.11 Å². The van der Waals surface area contributed by atoms with Crippen molar-refractivity contribution >= 4 is 23.7 Å². The summed E-state index contributed by atoms with van der Waals surface area (Å²) in [5, 5.41) is 9.89. The van der Waals surface area contributed by atoms with E-state index in [1.54, 1.807) is 6.08 Å². The lowest BCUT2D eigenvalue weighted by molar-refractivity contribution is 0.414. The van der Waals surface area contributed by atoms with E-state index < -0.39 is 17.1 Å². The van der Waals surface area contributed by atoms with Crippen LogP contribution in [0.3, 0.4) is 0 Å². The lowest BCUT2D eigenvalue weighted by Crippen LogP contribution is -2.36. The van der Waals surface area contributed by atoms with Gasteiger partial charge in [-0.3, -0.25) is 13.9 Å². The number of hydrogen-bond donors (Lipinski definition) is 1. The summed E-state index contributed by atoms with van der Waals surface area (Å²) < 4.78 is 1.87. The minimum Gasteiger partial charge on any atom is -0.493 e. The fourth-order valence-electron chi connectivity index (χ4n) is 2.08. The van der Waals surface area contributed by atoms with Crippen LogP contribution in [0.15, 0.2) is 44.9 Å². The Morgan fingerprint density at radius 1 is 1.08 bits per heavy atom. The Bertz CT molecular complexity index is 903. The monoisotopic (exact) mass is 328 g/mol. The average molecular weight is 328 g/mol. The van der Waals surface area contributed by atoms with Crippen molar-refractivity contribution in [2.24, 2.45) is 19.1 Å². The first-order valence-electron chi connectivity index (χ1n) is 7.30. The Morgan fingerprint density at radius 2 is 1.71 bits per heavy atom. The van der Waals surface area contributed by atoms with Gasteiger partial charge >= 0.3 is 5.69 Å². The highest BCUT2D eigenvalue weighted by Crippen LogP contribution is 2.18. The number of aromatic hydroxyl groups is 1. The van der Waals surface area contributed by atoms with Crippen LogP contribution in [0.2, 0.25) is 0 Å². The molecule has 0 unspecified atom stereocenters. The van der Waals surface area contributed by atoms with Gasteiger partial charge in [-0.05, 0) is 23.8 Å². The molecule has 1 aromatic heterocycles. The number of allylic oxidation sites excluding steroid dienone is 1. The first kappa shape index (κ1) is 17.3. The fourth-order valence-corrected chi connectivity index (χ4v) is 2.08. The van der Waals surface area contributed by atoms with E-state index in [9.17, 15) is 14.7 Å². The van der Waals surface area contributed by atoms with Gasteiger partial charge in [-0.15, -0.1) is 0 Å². The van der Waals surface area contributed by atoms with E-state index in [1.807, 2.05) is 49.3 Å². The highest BCUT2D eigenvalue weighted by atomic mass is 16.3. The van der Waals surface area contributed by atoms with E-state index in [-0.39, 0.29) is 5.69 Å². The predicted octanol–water partition coefficient (Wildman–Crippen LogP) is 1.27. The second-order valence-electron chi connectivity index (χ2n) is 5.50. The maximum absolute atomic E-state index is 12.0. The topological polar surface area (TPSA) is 79.8 Å². The first-order valence-corrected chi connectivity index (χ1v) is 7.30. The fraction of sp³-hybridized carbons (Fsp3) is 0.235. The number of aromatic nitrogens is 2. The van der Waals surface area contributed by atoms with Gasteiger partial charge in [0.1, 0.15) is 0 Å². The molecule has 2 rings (SSSR count). The van der Waals surface area contributed by atoms with Crippen LogP contribution >= 0.6 is 0 Å². The van der Waals surface area contributed by atoms with Crippen molar-refractivity contribution in [1.29, 1.82) is 0 Å². The highest BCUT2D eigenvalue weighted by molar-refractivity contribution is 5.81. The summed E-state index contributed by atoms with van der Waals surface area (Å²) in [7, 11) is 6.65. The number of anilines is 1. The lowest BCUT2D eigenvalue weighted by atomic mass is 10.2. The van der Waals surface area contributed by atoms with Crippen LogP contribution in [0.4, 0.5) is 11.4 Å². The summed E-state index contributed by atoms with van der Waals surface area (Å²) in [6.07, 6.45) is 4.89. The molecule has 0 aliphatic rings. The van der Waals surface area contributed by atoms with E-state index in [1.165, 1.54) is 20.3 Å². The number of rotatable bonds is 4. The summed E-state index contributed by atoms with van der Waals surface area (Å²) in [4.78, 5) is 29.6. The Hall–Kier alpha value is -3.09. The molecular weight excluding hydrogens is 308 g/mol. The summed E-state index contributed by atoms with van der Waals surface area (Å²) in [5.74, 6) is -0.455. The molecule has 0 bridgehead atoms. The molecule has 0 saturated heterocycles. The zero-order valence-corrected chi connectivity index (χ0v) is 14.1. The van der Waals surface area contributed by atoms with E-state index in [0.717, 1.165) is 20.4 Å². The second-order valence-corrected chi connectivity index (χ2v) is 5.50. The maximum Gasteiger partial charge on any atom is 0.333 e. The molecule has 0 fully saturated rings. The van der Waals surface area contributed by atoms with Gasteiger partial charge in [0.15, 0.2) is 5.69 Å². The van der Waals surface area contributed by atoms with Crippen molar-refractivity contribution in [3.05, 3.63) is 56.7 Å². The molecule has 0 atom stereocenters. The van der Waals surface area contributed by atoms with Gasteiger partial charge in [0.2, 0.25) is 5.88 Å². The molecule has 1 N–H and O–H groups in total. The standard InChI is InChI=1S/C17H20N4O3/c1-19(2)13-9-7-12(8-10-13)6-5-11-18-14-15(22)20(3)17(24)21(4)16(14)23/h5-11,22H,1-4H3/b6-5+,18-11?. The van der Waals surface area contributed by atoms with Crippen LogP contribution < -0.4 is 16.1 Å². The molecule has 7 nitrogen and oxygen atoms in total. The molecule has 0 aliphatic heterocycles. The van der Waals surface area contributed by atoms with E-state index in [0.29, 0.717) is 0 Å². The van der Waals surface area contributed by atoms with Gasteiger partial charge in [0.05, 0.1) is 0 Å². The minimum absolute atomic E-state index is 0.174. The zero-order valence-electron chi connectivity index (χ0n) is 14.1. The van der Waals surface area contributed by atoms with E-state index >= 15 is 0 Å². The van der Waals surface area contributed by atoms with Gasteiger partial charge in [-0.1, -0.05) is 18.2 Å². The van der Waals surface area contributed by atoms with E-state index in [4.69, 9.17) is 0 Å². The molecule has 2 aromatic rings. The predicted molar refractivity (Wildman–Crippen MR) is 96.5 cm³/mol. The number of aliphatic imine (C=N–C) groups is 1. The maximum atomic E-state index is 12.0. The summed E-state index contributed by atoms with van der Waals surface area (Å²) in [6.45, 7) is 0. The number of nitrogens with zero attached hydrogens (tertiary/aromatic N) is 4. The third-order valence-electron chi connectivity index (χ3n) is 3.60. The SMILES string of the molecule is CN(C)c1ccc(/C=C/C=Nc2c(O)n(C)c(=O)n(C)c2=O)cc1. The first-order chi connectivity index (χ1) is 11.3. The van der Waals surface area contributed by atoms with Crippen molar-refractivity contribution in [3.8, 4) is 5.88 Å². The smallest absolute Gasteiger partial charge is 0.333 e. The molecule has 0 aliphatic carbocycles. The van der Waals surface area contributed by atoms with E-state index in [2.05, 4.69) is 4.99 Å². The molecule has 0 amide bonds. The van der Waals surface area contributed by atoms with Crippen LogP contribution in [-0.2, 0) is 14.1 Å². The summed E-state index contributed by atoms with van der Waals surface area (Å²) in [5.41, 5.74) is 0.653. The molecule has 7 heteroatoms. The van der Waals surface area contributed by atoms with Gasteiger partial charge < -0.3 is 10.0 Å². The summed E-state index contributed by atoms with van der Waals surface area (Å²) >= 11 is 0. The second kappa shape index (κ2) is 6.99. The summed E-state index contributed by atoms with van der Waals surface area (Å²) in [6, 6.07) is 7.90. The van der Waals surface area contributed by atoms with Crippen LogP contribution in [0.25, 0.3) is 6.08 Å². The van der Waals surface area contributed by atoms with Crippen molar-refractivity contribution in [3.63, 3.8) is 0 Å². The number of benzene rings is 1. The van der Waals surface area contributed by atoms with Crippen molar-refractivity contribution in [2.75, 3.05) is 19.0 Å². The Balaban J connectivity index is 2.23. The Morgan fingerprint density at radius 3 is 2.29 bits per heavy atom. The third-order valence-corrected chi connectivity index (χ3v) is 3.60.